The van der Waals surface area contributed by atoms with Crippen LogP contribution in [0.3, 0.4) is 0 Å². The number of aliphatic hydroxyl groups is 1. The van der Waals surface area contributed by atoms with Gasteiger partial charge in [-0.2, -0.15) is 0 Å². The molecule has 0 spiro atoms. The van der Waals surface area contributed by atoms with Gasteiger partial charge in [-0.15, -0.1) is 0 Å². The summed E-state index contributed by atoms with van der Waals surface area (Å²) in [6, 6.07) is 12.6. The van der Waals surface area contributed by atoms with E-state index in [0.29, 0.717) is 17.1 Å². The molecule has 1 aliphatic rings. The Balaban J connectivity index is 2.00. The average molecular weight is 328 g/mol. The molecule has 1 aliphatic heterocycles. The van der Waals surface area contributed by atoms with Gasteiger partial charge in [-0.1, -0.05) is 17.7 Å². The van der Waals surface area contributed by atoms with Crippen molar-refractivity contribution in [2.45, 2.75) is 12.6 Å². The van der Waals surface area contributed by atoms with Gasteiger partial charge < -0.3 is 15.0 Å². The average Bonchev–Trinajstić information content (AvgIpc) is 2.85. The number of rotatable bonds is 2. The van der Waals surface area contributed by atoms with E-state index in [4.69, 9.17) is 11.6 Å². The monoisotopic (exact) mass is 327 g/mol. The Hall–Kier alpha value is -2.37. The molecule has 1 atom stereocenters. The quantitative estimate of drug-likeness (QED) is 0.760. The number of aromatic nitrogens is 2. The minimum absolute atomic E-state index is 0.126. The van der Waals surface area contributed by atoms with E-state index in [1.165, 1.54) is 0 Å². The van der Waals surface area contributed by atoms with E-state index in [-0.39, 0.29) is 18.6 Å². The van der Waals surface area contributed by atoms with Crippen LogP contribution in [0.1, 0.15) is 10.4 Å². The largest absolute Gasteiger partial charge is 0.394 e. The van der Waals surface area contributed by atoms with Crippen molar-refractivity contribution >= 4 is 28.5 Å². The molecule has 2 aromatic carbocycles. The van der Waals surface area contributed by atoms with Crippen molar-refractivity contribution in [2.75, 3.05) is 6.61 Å². The van der Waals surface area contributed by atoms with Crippen molar-refractivity contribution < 1.29 is 9.90 Å². The van der Waals surface area contributed by atoms with Gasteiger partial charge in [0.1, 0.15) is 5.82 Å². The number of carbonyl (C=O) groups excluding carboxylic acids is 1. The Morgan fingerprint density at radius 1 is 1.26 bits per heavy atom. The number of carbonyl (C=O) groups is 1. The maximum Gasteiger partial charge on any atom is 0.253 e. The predicted molar refractivity (Wildman–Crippen MR) is 88.5 cm³/mol. The van der Waals surface area contributed by atoms with E-state index in [0.717, 1.165) is 22.4 Å². The lowest BCUT2D eigenvalue weighted by atomic mass is 10.1. The Morgan fingerprint density at radius 2 is 2.04 bits per heavy atom. The van der Waals surface area contributed by atoms with Crippen LogP contribution < -0.4 is 5.32 Å². The number of nitrogens with zero attached hydrogens (tertiary/aromatic N) is 2. The van der Waals surface area contributed by atoms with Gasteiger partial charge in [-0.25, -0.2) is 4.98 Å². The fourth-order valence-electron chi connectivity index (χ4n) is 3.00. The van der Waals surface area contributed by atoms with Gasteiger partial charge in [0.2, 0.25) is 0 Å². The smallest absolute Gasteiger partial charge is 0.253 e. The lowest BCUT2D eigenvalue weighted by Gasteiger charge is -2.15. The maximum absolute atomic E-state index is 12.4. The Labute approximate surface area is 137 Å². The molecule has 0 saturated carbocycles. The van der Waals surface area contributed by atoms with Crippen molar-refractivity contribution in [2.24, 2.45) is 0 Å². The van der Waals surface area contributed by atoms with Crippen LogP contribution in [0.4, 0.5) is 0 Å². The number of halogens is 1. The number of para-hydroxylation sites is 1. The van der Waals surface area contributed by atoms with Gasteiger partial charge in [-0.3, -0.25) is 4.79 Å². The molecule has 116 valence electrons. The molecule has 0 unspecified atom stereocenters. The topological polar surface area (TPSA) is 67.2 Å². The van der Waals surface area contributed by atoms with E-state index >= 15 is 0 Å². The zero-order valence-corrected chi connectivity index (χ0v) is 12.9. The summed E-state index contributed by atoms with van der Waals surface area (Å²) in [6.07, 6.45) is 0. The summed E-state index contributed by atoms with van der Waals surface area (Å²) in [5.41, 5.74) is 3.06. The van der Waals surface area contributed by atoms with Crippen LogP contribution in [0, 0.1) is 0 Å². The minimum atomic E-state index is -0.349. The Kier molecular flexibility index (Phi) is 3.32. The molecule has 23 heavy (non-hydrogen) atoms. The number of aliphatic hydroxyl groups excluding tert-OH is 1. The van der Waals surface area contributed by atoms with Crippen molar-refractivity contribution in [1.82, 2.24) is 14.9 Å². The first kappa shape index (κ1) is 14.2. The molecule has 5 nitrogen and oxygen atoms in total. The SMILES string of the molecule is O=C1N[C@@H](CO)Cn2c(-c3ccc(Cl)cc3)nc3cccc1c32. The van der Waals surface area contributed by atoms with Crippen LogP contribution in [0.5, 0.6) is 0 Å². The maximum atomic E-state index is 12.4. The van der Waals surface area contributed by atoms with Crippen molar-refractivity contribution in [3.05, 3.63) is 53.1 Å². The third-order valence-electron chi connectivity index (χ3n) is 4.07. The molecule has 1 amide bonds. The van der Waals surface area contributed by atoms with Crippen LogP contribution >= 0.6 is 11.6 Å². The van der Waals surface area contributed by atoms with Crippen LogP contribution in [0.15, 0.2) is 42.5 Å². The number of benzene rings is 2. The van der Waals surface area contributed by atoms with E-state index in [1.54, 1.807) is 6.07 Å². The highest BCUT2D eigenvalue weighted by molar-refractivity contribution is 6.30. The fourth-order valence-corrected chi connectivity index (χ4v) is 3.12. The van der Waals surface area contributed by atoms with Crippen LogP contribution in [0.2, 0.25) is 5.02 Å². The highest BCUT2D eigenvalue weighted by Gasteiger charge is 2.26. The van der Waals surface area contributed by atoms with Crippen LogP contribution in [-0.2, 0) is 6.54 Å². The molecule has 0 bridgehead atoms. The zero-order chi connectivity index (χ0) is 16.0. The normalized spacial score (nSPS) is 17.1. The molecule has 0 aliphatic carbocycles. The Bertz CT molecular complexity index is 902. The van der Waals surface area contributed by atoms with Gasteiger partial charge in [0.15, 0.2) is 0 Å². The first-order valence-corrected chi connectivity index (χ1v) is 7.72. The summed E-state index contributed by atoms with van der Waals surface area (Å²) >= 11 is 5.96. The van der Waals surface area contributed by atoms with Crippen molar-refractivity contribution in [3.8, 4) is 11.4 Å². The van der Waals surface area contributed by atoms with Gasteiger partial charge in [0, 0.05) is 17.1 Å². The van der Waals surface area contributed by atoms with Crippen LogP contribution in [0.25, 0.3) is 22.4 Å². The number of hydrogen-bond donors (Lipinski definition) is 2. The molecule has 2 N–H and O–H groups in total. The first-order valence-electron chi connectivity index (χ1n) is 7.34. The molecular formula is C17H14ClN3O2. The fraction of sp³-hybridized carbons (Fsp3) is 0.176. The van der Waals surface area contributed by atoms with Crippen molar-refractivity contribution in [3.63, 3.8) is 0 Å². The molecule has 0 fully saturated rings. The molecule has 1 aromatic heterocycles. The van der Waals surface area contributed by atoms with E-state index in [9.17, 15) is 9.90 Å². The molecule has 6 heteroatoms. The first-order chi connectivity index (χ1) is 11.2. The predicted octanol–water partition coefficient (Wildman–Crippen LogP) is 2.46. The molecule has 3 aromatic rings. The van der Waals surface area contributed by atoms with Crippen LogP contribution in [-0.4, -0.2) is 33.2 Å². The summed E-state index contributed by atoms with van der Waals surface area (Å²) in [5, 5.41) is 13.0. The molecule has 4 rings (SSSR count). The summed E-state index contributed by atoms with van der Waals surface area (Å²) in [4.78, 5) is 17.1. The van der Waals surface area contributed by atoms with Gasteiger partial charge in [0.05, 0.1) is 29.2 Å². The summed E-state index contributed by atoms with van der Waals surface area (Å²) in [6.45, 7) is 0.340. The number of imidazole rings is 1. The van der Waals surface area contributed by atoms with Gasteiger partial charge >= 0.3 is 0 Å². The molecular weight excluding hydrogens is 314 g/mol. The minimum Gasteiger partial charge on any atom is -0.394 e. The second-order valence-corrected chi connectivity index (χ2v) is 6.02. The van der Waals surface area contributed by atoms with Gasteiger partial charge in [-0.05, 0) is 36.4 Å². The highest BCUT2D eigenvalue weighted by atomic mass is 35.5. The lowest BCUT2D eigenvalue weighted by Crippen LogP contribution is -2.38. The van der Waals surface area contributed by atoms with Gasteiger partial charge in [0.25, 0.3) is 5.91 Å². The third-order valence-corrected chi connectivity index (χ3v) is 4.32. The van der Waals surface area contributed by atoms with E-state index in [2.05, 4.69) is 10.3 Å². The highest BCUT2D eigenvalue weighted by Crippen LogP contribution is 2.29. The number of hydrogen-bond acceptors (Lipinski definition) is 3. The summed E-state index contributed by atoms with van der Waals surface area (Å²) in [5.74, 6) is 0.579. The second kappa shape index (κ2) is 5.37. The number of nitrogens with one attached hydrogen (secondary N) is 1. The third kappa shape index (κ3) is 2.29. The zero-order valence-electron chi connectivity index (χ0n) is 12.2. The molecule has 0 saturated heterocycles. The second-order valence-electron chi connectivity index (χ2n) is 5.58. The molecule has 2 heterocycles. The molecule has 0 radical (unpaired) electrons. The number of amides is 1. The standard InChI is InChI=1S/C17H14ClN3O2/c18-11-6-4-10(5-7-11)16-20-14-3-1-2-13-15(14)21(16)8-12(9-22)19-17(13)23/h1-7,12,22H,8-9H2,(H,19,23)/t12-/m1/s1. The van der Waals surface area contributed by atoms with E-state index in [1.807, 2.05) is 41.0 Å². The van der Waals surface area contributed by atoms with Crippen molar-refractivity contribution in [1.29, 1.82) is 0 Å². The van der Waals surface area contributed by atoms with E-state index < -0.39 is 0 Å². The summed E-state index contributed by atoms with van der Waals surface area (Å²) < 4.78 is 1.99. The Morgan fingerprint density at radius 3 is 2.78 bits per heavy atom. The summed E-state index contributed by atoms with van der Waals surface area (Å²) in [7, 11) is 0. The lowest BCUT2D eigenvalue weighted by molar-refractivity contribution is 0.0917.